The molecule has 1 aliphatic rings. The molecule has 1 atom stereocenters. The van der Waals surface area contributed by atoms with E-state index in [4.69, 9.17) is 0 Å². The van der Waals surface area contributed by atoms with Crippen LogP contribution in [0.1, 0.15) is 69.5 Å². The van der Waals surface area contributed by atoms with Gasteiger partial charge in [-0.3, -0.25) is 4.79 Å². The van der Waals surface area contributed by atoms with Crippen molar-refractivity contribution in [1.82, 2.24) is 19.7 Å². The van der Waals surface area contributed by atoms with E-state index in [1.807, 2.05) is 29.8 Å². The molecule has 3 aromatic rings. The van der Waals surface area contributed by atoms with E-state index in [9.17, 15) is 14.7 Å². The van der Waals surface area contributed by atoms with Gasteiger partial charge in [-0.05, 0) is 48.6 Å². The van der Waals surface area contributed by atoms with Crippen LogP contribution in [0.5, 0.6) is 0 Å². The molecule has 8 heteroatoms. The second-order valence-corrected chi connectivity index (χ2v) is 7.79. The zero-order valence-electron chi connectivity index (χ0n) is 16.9. The van der Waals surface area contributed by atoms with Crippen LogP contribution in [-0.4, -0.2) is 36.7 Å². The van der Waals surface area contributed by atoms with Gasteiger partial charge in [0.25, 0.3) is 5.91 Å². The zero-order valence-corrected chi connectivity index (χ0v) is 16.9. The fourth-order valence-electron chi connectivity index (χ4n) is 3.38. The third-order valence-electron chi connectivity index (χ3n) is 5.33. The Labute approximate surface area is 174 Å². The minimum absolute atomic E-state index is 0.0862. The van der Waals surface area contributed by atoms with Gasteiger partial charge < -0.3 is 15.0 Å². The number of carbonyl (C=O) groups is 2. The molecule has 0 saturated heterocycles. The molecule has 1 aromatic carbocycles. The topological polar surface area (TPSA) is 110 Å². The van der Waals surface area contributed by atoms with Crippen molar-refractivity contribution < 1.29 is 14.7 Å². The molecular formula is C22H23N5O3. The van der Waals surface area contributed by atoms with E-state index in [-0.39, 0.29) is 23.1 Å². The number of nitrogens with zero attached hydrogens (tertiary/aromatic N) is 4. The van der Waals surface area contributed by atoms with Crippen LogP contribution in [0.4, 0.5) is 5.69 Å². The number of amides is 1. The van der Waals surface area contributed by atoms with Crippen LogP contribution >= 0.6 is 0 Å². The second kappa shape index (κ2) is 8.06. The zero-order chi connectivity index (χ0) is 21.3. The third kappa shape index (κ3) is 4.37. The van der Waals surface area contributed by atoms with Gasteiger partial charge in [0.15, 0.2) is 0 Å². The standard InChI is InChI=1S/C22H23N5O3/c1-13(8-20-26-23-12-27(20)2)15-4-3-5-17(9-15)24-21(28)19-11-16(22(29)30)10-18(25-19)14-6-7-14/h3-5,9-14H,6-8H2,1-2H3,(H,24,28)(H,29,30). The molecule has 2 aromatic heterocycles. The van der Waals surface area contributed by atoms with Crippen LogP contribution in [0.2, 0.25) is 0 Å². The summed E-state index contributed by atoms with van der Waals surface area (Å²) in [6.07, 6.45) is 4.35. The quantitative estimate of drug-likeness (QED) is 0.623. The molecule has 8 nitrogen and oxygen atoms in total. The molecule has 1 amide bonds. The molecule has 4 rings (SSSR count). The highest BCUT2D eigenvalue weighted by Crippen LogP contribution is 2.39. The second-order valence-electron chi connectivity index (χ2n) is 7.79. The summed E-state index contributed by atoms with van der Waals surface area (Å²) in [5, 5.41) is 20.2. The molecule has 0 spiro atoms. The van der Waals surface area contributed by atoms with Crippen molar-refractivity contribution in [1.29, 1.82) is 0 Å². The van der Waals surface area contributed by atoms with Gasteiger partial charge in [-0.1, -0.05) is 19.1 Å². The molecule has 0 aliphatic heterocycles. The summed E-state index contributed by atoms with van der Waals surface area (Å²) in [4.78, 5) is 28.6. The van der Waals surface area contributed by atoms with E-state index in [0.29, 0.717) is 11.4 Å². The Balaban J connectivity index is 1.52. The van der Waals surface area contributed by atoms with E-state index in [2.05, 4.69) is 27.4 Å². The summed E-state index contributed by atoms with van der Waals surface area (Å²) in [7, 11) is 1.91. The van der Waals surface area contributed by atoms with Crippen molar-refractivity contribution in [2.24, 2.45) is 7.05 Å². The summed E-state index contributed by atoms with van der Waals surface area (Å²) in [6.45, 7) is 2.09. The van der Waals surface area contributed by atoms with Gasteiger partial charge in [-0.2, -0.15) is 0 Å². The van der Waals surface area contributed by atoms with E-state index < -0.39 is 11.9 Å². The highest BCUT2D eigenvalue weighted by atomic mass is 16.4. The smallest absolute Gasteiger partial charge is 0.335 e. The normalized spacial score (nSPS) is 14.3. The van der Waals surface area contributed by atoms with Crippen LogP contribution < -0.4 is 5.32 Å². The summed E-state index contributed by atoms with van der Waals surface area (Å²) >= 11 is 0. The lowest BCUT2D eigenvalue weighted by Crippen LogP contribution is -2.16. The average molecular weight is 405 g/mol. The van der Waals surface area contributed by atoms with Gasteiger partial charge in [0, 0.05) is 30.8 Å². The number of carbonyl (C=O) groups excluding carboxylic acids is 1. The maximum absolute atomic E-state index is 12.8. The molecule has 2 N–H and O–H groups in total. The third-order valence-corrected chi connectivity index (χ3v) is 5.33. The van der Waals surface area contributed by atoms with Crippen LogP contribution in [0.25, 0.3) is 0 Å². The minimum atomic E-state index is -1.06. The Kier molecular flexibility index (Phi) is 5.31. The molecule has 1 fully saturated rings. The van der Waals surface area contributed by atoms with E-state index in [0.717, 1.165) is 30.7 Å². The Hall–Kier alpha value is -3.55. The molecule has 2 heterocycles. The number of carboxylic acids is 1. The molecule has 0 radical (unpaired) electrons. The number of aryl methyl sites for hydroxylation is 1. The fourth-order valence-corrected chi connectivity index (χ4v) is 3.38. The Bertz CT molecular complexity index is 1100. The monoisotopic (exact) mass is 405 g/mol. The lowest BCUT2D eigenvalue weighted by Gasteiger charge is -2.13. The lowest BCUT2D eigenvalue weighted by atomic mass is 9.97. The van der Waals surface area contributed by atoms with Crippen molar-refractivity contribution in [2.45, 2.75) is 38.0 Å². The van der Waals surface area contributed by atoms with Gasteiger partial charge in [0.05, 0.1) is 5.56 Å². The maximum Gasteiger partial charge on any atom is 0.335 e. The molecule has 30 heavy (non-hydrogen) atoms. The number of aromatic nitrogens is 4. The van der Waals surface area contributed by atoms with E-state index >= 15 is 0 Å². The van der Waals surface area contributed by atoms with Gasteiger partial charge >= 0.3 is 5.97 Å². The Morgan fingerprint density at radius 1 is 1.27 bits per heavy atom. The van der Waals surface area contributed by atoms with Crippen LogP contribution in [0, 0.1) is 0 Å². The molecule has 1 aliphatic carbocycles. The number of hydrogen-bond acceptors (Lipinski definition) is 5. The first-order valence-corrected chi connectivity index (χ1v) is 9.90. The van der Waals surface area contributed by atoms with E-state index in [1.165, 1.54) is 6.07 Å². The van der Waals surface area contributed by atoms with Crippen molar-refractivity contribution in [3.05, 3.63) is 71.1 Å². The highest BCUT2D eigenvalue weighted by molar-refractivity contribution is 6.04. The first kappa shape index (κ1) is 19.8. The first-order valence-electron chi connectivity index (χ1n) is 9.90. The minimum Gasteiger partial charge on any atom is -0.478 e. The summed E-state index contributed by atoms with van der Waals surface area (Å²) < 4.78 is 1.89. The number of anilines is 1. The van der Waals surface area contributed by atoms with Crippen molar-refractivity contribution >= 4 is 17.6 Å². The van der Waals surface area contributed by atoms with Gasteiger partial charge in [0.1, 0.15) is 17.8 Å². The van der Waals surface area contributed by atoms with Gasteiger partial charge in [0.2, 0.25) is 0 Å². The number of carboxylic acid groups (broad SMARTS) is 1. The summed E-state index contributed by atoms with van der Waals surface area (Å²) in [5.74, 6) is -0.161. The summed E-state index contributed by atoms with van der Waals surface area (Å²) in [6, 6.07) is 10.5. The maximum atomic E-state index is 12.8. The number of benzene rings is 1. The van der Waals surface area contributed by atoms with Gasteiger partial charge in [-0.25, -0.2) is 9.78 Å². The molecule has 154 valence electrons. The van der Waals surface area contributed by atoms with Crippen molar-refractivity contribution in [3.63, 3.8) is 0 Å². The number of aromatic carboxylic acids is 1. The first-order chi connectivity index (χ1) is 14.4. The molecule has 0 bridgehead atoms. The fraction of sp³-hybridized carbons (Fsp3) is 0.318. The van der Waals surface area contributed by atoms with E-state index in [1.54, 1.807) is 18.5 Å². The van der Waals surface area contributed by atoms with Crippen LogP contribution in [0.3, 0.4) is 0 Å². The number of hydrogen-bond donors (Lipinski definition) is 2. The predicted octanol–water partition coefficient (Wildman–Crippen LogP) is 3.38. The van der Waals surface area contributed by atoms with Crippen molar-refractivity contribution in [2.75, 3.05) is 5.32 Å². The lowest BCUT2D eigenvalue weighted by molar-refractivity contribution is 0.0696. The summed E-state index contributed by atoms with van der Waals surface area (Å²) in [5.41, 5.74) is 2.57. The molecule has 1 saturated carbocycles. The van der Waals surface area contributed by atoms with Crippen LogP contribution in [0.15, 0.2) is 42.7 Å². The number of rotatable bonds is 7. The Morgan fingerprint density at radius 3 is 2.73 bits per heavy atom. The largest absolute Gasteiger partial charge is 0.478 e. The average Bonchev–Trinajstić information content (AvgIpc) is 3.51. The molecular weight excluding hydrogens is 382 g/mol. The van der Waals surface area contributed by atoms with Gasteiger partial charge in [-0.15, -0.1) is 10.2 Å². The highest BCUT2D eigenvalue weighted by Gasteiger charge is 2.27. The number of nitrogens with one attached hydrogen (secondary N) is 1. The predicted molar refractivity (Wildman–Crippen MR) is 111 cm³/mol. The molecule has 1 unspecified atom stereocenters. The Morgan fingerprint density at radius 2 is 2.07 bits per heavy atom. The van der Waals surface area contributed by atoms with Crippen molar-refractivity contribution in [3.8, 4) is 0 Å². The van der Waals surface area contributed by atoms with Crippen LogP contribution in [-0.2, 0) is 13.5 Å². The number of pyridine rings is 1. The SMILES string of the molecule is CC(Cc1nncn1C)c1cccc(NC(=O)c2cc(C(=O)O)cc(C3CC3)n2)c1.